The van der Waals surface area contributed by atoms with Crippen LogP contribution in [-0.2, 0) is 6.54 Å². The molecule has 1 amide bonds. The molecule has 2 saturated heterocycles. The Morgan fingerprint density at radius 3 is 2.47 bits per heavy atom. The molecule has 2 heterocycles. The van der Waals surface area contributed by atoms with E-state index in [1.807, 2.05) is 4.90 Å². The zero-order valence-electron chi connectivity index (χ0n) is 17.5. The van der Waals surface area contributed by atoms with Gasteiger partial charge in [-0.2, -0.15) is 0 Å². The van der Waals surface area contributed by atoms with Crippen LogP contribution in [0, 0.1) is 17.0 Å². The van der Waals surface area contributed by atoms with E-state index in [4.69, 9.17) is 0 Å². The van der Waals surface area contributed by atoms with Crippen LogP contribution < -0.4 is 9.80 Å². The first-order valence-corrected chi connectivity index (χ1v) is 10.7. The largest absolute Gasteiger partial charge is 0.371 e. The van der Waals surface area contributed by atoms with E-state index >= 15 is 0 Å². The second-order valence-electron chi connectivity index (χ2n) is 8.36. The van der Waals surface area contributed by atoms with Gasteiger partial charge >= 0.3 is 0 Å². The van der Waals surface area contributed by atoms with Crippen LogP contribution >= 0.6 is 0 Å². The predicted octanol–water partition coefficient (Wildman–Crippen LogP) is 2.04. The maximum Gasteiger partial charge on any atom is 0.270 e. The number of aryl methyl sites for hydroxylation is 1. The molecule has 2 aliphatic rings. The zero-order valence-corrected chi connectivity index (χ0v) is 17.5. The van der Waals surface area contributed by atoms with Crippen molar-refractivity contribution >= 4 is 17.3 Å². The molecule has 1 N–H and O–H groups in total. The normalized spacial score (nSPS) is 17.4. The highest BCUT2D eigenvalue weighted by atomic mass is 16.6. The molecule has 30 heavy (non-hydrogen) atoms. The molecular weight excluding hydrogens is 380 g/mol. The number of hydrogen-bond acceptors (Lipinski definition) is 4. The fourth-order valence-electron chi connectivity index (χ4n) is 4.53. The predicted molar refractivity (Wildman–Crippen MR) is 116 cm³/mol. The molecule has 2 fully saturated rings. The number of carbonyl (C=O) groups excluding carboxylic acids is 1. The van der Waals surface area contributed by atoms with E-state index in [1.165, 1.54) is 28.2 Å². The highest BCUT2D eigenvalue weighted by molar-refractivity contribution is 6.00. The van der Waals surface area contributed by atoms with Crippen molar-refractivity contribution in [2.75, 3.05) is 44.2 Å². The second-order valence-corrected chi connectivity index (χ2v) is 8.36. The number of carbonyl (C=O) groups is 1. The van der Waals surface area contributed by atoms with E-state index in [0.717, 1.165) is 51.3 Å². The van der Waals surface area contributed by atoms with Gasteiger partial charge in [-0.1, -0.05) is 29.8 Å². The minimum Gasteiger partial charge on any atom is -0.371 e. The Kier molecular flexibility index (Phi) is 5.99. The van der Waals surface area contributed by atoms with Crippen molar-refractivity contribution in [3.63, 3.8) is 0 Å². The number of nitrogens with zero attached hydrogens (tertiary/aromatic N) is 3. The van der Waals surface area contributed by atoms with E-state index in [0.29, 0.717) is 18.7 Å². The number of hydrogen-bond donors (Lipinski definition) is 1. The Labute approximate surface area is 177 Å². The first-order chi connectivity index (χ1) is 14.5. The monoisotopic (exact) mass is 409 g/mol. The number of anilines is 1. The van der Waals surface area contributed by atoms with Crippen LogP contribution in [-0.4, -0.2) is 55.0 Å². The lowest BCUT2D eigenvalue weighted by atomic mass is 10.1. The molecule has 4 rings (SSSR count). The Morgan fingerprint density at radius 1 is 1.07 bits per heavy atom. The van der Waals surface area contributed by atoms with Crippen LogP contribution in [0.1, 0.15) is 34.3 Å². The topological polar surface area (TPSA) is 71.1 Å². The van der Waals surface area contributed by atoms with E-state index < -0.39 is 4.92 Å². The first-order valence-electron chi connectivity index (χ1n) is 10.7. The van der Waals surface area contributed by atoms with Crippen LogP contribution in [0.2, 0.25) is 0 Å². The Bertz CT molecular complexity index is 932. The molecule has 0 bridgehead atoms. The van der Waals surface area contributed by atoms with Gasteiger partial charge in [0.05, 0.1) is 42.4 Å². The number of quaternary nitrogens is 1. The summed E-state index contributed by atoms with van der Waals surface area (Å²) in [6, 6.07) is 13.3. The third-order valence-electron chi connectivity index (χ3n) is 6.16. The quantitative estimate of drug-likeness (QED) is 0.606. The van der Waals surface area contributed by atoms with Gasteiger partial charge in [-0.05, 0) is 25.8 Å². The number of benzene rings is 2. The molecule has 158 valence electrons. The molecule has 0 unspecified atom stereocenters. The minimum absolute atomic E-state index is 0.0231. The highest BCUT2D eigenvalue weighted by Crippen LogP contribution is 2.29. The number of rotatable bonds is 5. The highest BCUT2D eigenvalue weighted by Gasteiger charge is 2.29. The van der Waals surface area contributed by atoms with Gasteiger partial charge in [0, 0.05) is 30.8 Å². The number of nitro groups is 1. The lowest BCUT2D eigenvalue weighted by Gasteiger charge is -2.33. The molecule has 0 atom stereocenters. The molecular formula is C23H29N4O3+. The van der Waals surface area contributed by atoms with Gasteiger partial charge in [0.2, 0.25) is 0 Å². The van der Waals surface area contributed by atoms with Gasteiger partial charge < -0.3 is 14.7 Å². The second kappa shape index (κ2) is 8.83. The fraction of sp³-hybridized carbons (Fsp3) is 0.435. The zero-order chi connectivity index (χ0) is 21.1. The van der Waals surface area contributed by atoms with Crippen molar-refractivity contribution in [3.8, 4) is 0 Å². The number of nitrogens with one attached hydrogen (secondary N) is 1. The lowest BCUT2D eigenvalue weighted by molar-refractivity contribution is -0.917. The summed E-state index contributed by atoms with van der Waals surface area (Å²) in [5, 5.41) is 11.3. The molecule has 0 aromatic heterocycles. The van der Waals surface area contributed by atoms with Crippen molar-refractivity contribution in [2.45, 2.75) is 26.3 Å². The summed E-state index contributed by atoms with van der Waals surface area (Å²) in [7, 11) is 0. The number of amides is 1. The molecule has 0 radical (unpaired) electrons. The van der Waals surface area contributed by atoms with Gasteiger partial charge in [-0.15, -0.1) is 0 Å². The summed E-state index contributed by atoms with van der Waals surface area (Å²) in [5.41, 5.74) is 3.86. The average Bonchev–Trinajstić information content (AvgIpc) is 3.28. The van der Waals surface area contributed by atoms with Crippen LogP contribution in [0.3, 0.4) is 0 Å². The van der Waals surface area contributed by atoms with Crippen LogP contribution in [0.25, 0.3) is 0 Å². The van der Waals surface area contributed by atoms with E-state index in [9.17, 15) is 14.9 Å². The standard InChI is InChI=1S/C23H28N4O3/c1-18-5-4-6-19(15-18)17-24-11-13-26(14-12-24)23(28)21-16-20(27(29)30)7-8-22(21)25-9-2-3-10-25/h4-8,15-16H,2-3,9-14,17H2,1H3/p+1. The Hall–Kier alpha value is -2.93. The summed E-state index contributed by atoms with van der Waals surface area (Å²) >= 11 is 0. The van der Waals surface area contributed by atoms with E-state index in [2.05, 4.69) is 36.1 Å². The van der Waals surface area contributed by atoms with Crippen LogP contribution in [0.4, 0.5) is 11.4 Å². The Balaban J connectivity index is 1.47. The number of nitro benzene ring substituents is 1. The maximum absolute atomic E-state index is 13.3. The van der Waals surface area contributed by atoms with Crippen LogP contribution in [0.5, 0.6) is 0 Å². The number of piperazine rings is 1. The maximum atomic E-state index is 13.3. The number of non-ortho nitro benzene ring substituents is 1. The fourth-order valence-corrected chi connectivity index (χ4v) is 4.53. The summed E-state index contributed by atoms with van der Waals surface area (Å²) < 4.78 is 0. The van der Waals surface area contributed by atoms with Gasteiger partial charge in [-0.25, -0.2) is 0 Å². The van der Waals surface area contributed by atoms with Crippen molar-refractivity contribution in [2.24, 2.45) is 0 Å². The summed E-state index contributed by atoms with van der Waals surface area (Å²) in [5.74, 6) is -0.0878. The molecule has 2 aromatic rings. The molecule has 2 aromatic carbocycles. The van der Waals surface area contributed by atoms with Crippen LogP contribution in [0.15, 0.2) is 42.5 Å². The molecule has 2 aliphatic heterocycles. The summed E-state index contributed by atoms with van der Waals surface area (Å²) in [4.78, 5) is 29.7. The average molecular weight is 410 g/mol. The van der Waals surface area contributed by atoms with Gasteiger partial charge in [0.25, 0.3) is 11.6 Å². The van der Waals surface area contributed by atoms with Crippen molar-refractivity contribution in [1.82, 2.24) is 4.90 Å². The third-order valence-corrected chi connectivity index (χ3v) is 6.16. The molecule has 0 aliphatic carbocycles. The minimum atomic E-state index is -0.422. The molecule has 0 spiro atoms. The molecule has 7 heteroatoms. The van der Waals surface area contributed by atoms with E-state index in [-0.39, 0.29) is 11.6 Å². The molecule has 7 nitrogen and oxygen atoms in total. The summed E-state index contributed by atoms with van der Waals surface area (Å²) in [6.45, 7) is 7.95. The first kappa shape index (κ1) is 20.3. The van der Waals surface area contributed by atoms with Crippen molar-refractivity contribution in [1.29, 1.82) is 0 Å². The third kappa shape index (κ3) is 4.46. The van der Waals surface area contributed by atoms with Crippen molar-refractivity contribution in [3.05, 3.63) is 69.3 Å². The smallest absolute Gasteiger partial charge is 0.270 e. The van der Waals surface area contributed by atoms with Gasteiger partial charge in [0.1, 0.15) is 6.54 Å². The van der Waals surface area contributed by atoms with Crippen molar-refractivity contribution < 1.29 is 14.6 Å². The molecule has 0 saturated carbocycles. The summed E-state index contributed by atoms with van der Waals surface area (Å²) in [6.07, 6.45) is 2.18. The van der Waals surface area contributed by atoms with Gasteiger partial charge in [-0.3, -0.25) is 14.9 Å². The lowest BCUT2D eigenvalue weighted by Crippen LogP contribution is -3.13. The Morgan fingerprint density at radius 2 is 1.80 bits per heavy atom. The van der Waals surface area contributed by atoms with E-state index in [1.54, 1.807) is 6.07 Å². The van der Waals surface area contributed by atoms with Gasteiger partial charge in [0.15, 0.2) is 0 Å². The SMILES string of the molecule is Cc1cccc(C[NH+]2CCN(C(=O)c3cc([N+](=O)[O-])ccc3N3CCCC3)CC2)c1.